The number of ketones is 1. The highest BCUT2D eigenvalue weighted by atomic mass is 32.1. The minimum atomic E-state index is -1.90. The Morgan fingerprint density at radius 3 is 2.30 bits per heavy atom. The molecule has 0 aliphatic carbocycles. The van der Waals surface area contributed by atoms with Crippen LogP contribution in [0.3, 0.4) is 0 Å². The number of methoxy groups -OCH3 is 1. The van der Waals surface area contributed by atoms with Gasteiger partial charge in [-0.3, -0.25) is 34.1 Å². The van der Waals surface area contributed by atoms with Crippen LogP contribution >= 0.6 is 11.3 Å². The van der Waals surface area contributed by atoms with E-state index < -0.39 is 131 Å². The van der Waals surface area contributed by atoms with Crippen LogP contribution in [-0.4, -0.2) is 119 Å². The maximum absolute atomic E-state index is 14.8. The van der Waals surface area contributed by atoms with Gasteiger partial charge in [-0.25, -0.2) is 14.6 Å². The maximum atomic E-state index is 14.8. The molecule has 1 N–H and O–H groups in total. The van der Waals surface area contributed by atoms with Gasteiger partial charge >= 0.3 is 36.0 Å². The van der Waals surface area contributed by atoms with E-state index in [1.165, 1.54) is 31.3 Å². The molecular weight excluding hydrogens is 993 g/mol. The van der Waals surface area contributed by atoms with Crippen LogP contribution in [0.1, 0.15) is 109 Å². The number of thiazole rings is 1. The number of aromatic nitrogens is 1. The van der Waals surface area contributed by atoms with Crippen molar-refractivity contribution in [3.8, 4) is 5.75 Å². The number of fused-ring (bicyclic) bond motifs is 2. The van der Waals surface area contributed by atoms with Gasteiger partial charge in [0.25, 0.3) is 5.69 Å². The SMILES string of the molecule is C=CC[C@H]1C(=O)C(C)(C)[C@@H](OC(=O)OCc2cc([N+](=O)[O-])ccc2O[C@@H]2O[C@H](C(=O)OC)[C@@H](OC(C)=O)[C@H](OC(C)=O)[C@H]2OC(C)=O)CC(=O)O[C@H](c2ccc3sc(C)nc3c2)C[C@@H]2O[C@]2(C)CCC[C@H](C)[C@@H]1O. The van der Waals surface area contributed by atoms with E-state index in [0.29, 0.717) is 30.3 Å². The number of aliphatic hydroxyl groups excluding tert-OH is 1. The lowest BCUT2D eigenvalue weighted by Crippen LogP contribution is -2.64. The van der Waals surface area contributed by atoms with Crippen LogP contribution < -0.4 is 4.74 Å². The molecule has 23 heteroatoms. The number of esters is 5. The molecule has 3 aliphatic rings. The van der Waals surface area contributed by atoms with Gasteiger partial charge in [-0.15, -0.1) is 17.9 Å². The molecule has 1 aromatic heterocycles. The van der Waals surface area contributed by atoms with Crippen molar-refractivity contribution < 1.29 is 91.0 Å². The highest BCUT2D eigenvalue weighted by molar-refractivity contribution is 7.18. The molecule has 402 valence electrons. The largest absolute Gasteiger partial charge is 0.508 e. The third kappa shape index (κ3) is 13.6. The number of nitrogens with zero attached hydrogens (tertiary/aromatic N) is 2. The topological polar surface area (TPSA) is 291 Å². The Morgan fingerprint density at radius 2 is 1.65 bits per heavy atom. The molecule has 6 rings (SSSR count). The van der Waals surface area contributed by atoms with E-state index in [1.807, 2.05) is 39.0 Å². The highest BCUT2D eigenvalue weighted by Crippen LogP contribution is 2.47. The molecule has 3 aromatic rings. The molecule has 3 aliphatic heterocycles. The lowest BCUT2D eigenvalue weighted by Gasteiger charge is -2.43. The Balaban J connectivity index is 1.32. The number of Topliss-reactive ketones (excluding diaryl/α,β-unsaturated/α-hetero) is 1. The zero-order valence-electron chi connectivity index (χ0n) is 42.6. The lowest BCUT2D eigenvalue weighted by molar-refractivity contribution is -0.385. The number of epoxide rings is 1. The first-order valence-corrected chi connectivity index (χ1v) is 24.8. The third-order valence-corrected chi connectivity index (χ3v) is 14.4. The van der Waals surface area contributed by atoms with Gasteiger partial charge in [0.2, 0.25) is 12.4 Å². The fourth-order valence-corrected chi connectivity index (χ4v) is 10.2. The van der Waals surface area contributed by atoms with Gasteiger partial charge in [-0.1, -0.05) is 25.5 Å². The maximum Gasteiger partial charge on any atom is 0.508 e. The number of allylic oxidation sites excluding steroid dienone is 1. The predicted molar refractivity (Wildman–Crippen MR) is 258 cm³/mol. The second kappa shape index (κ2) is 23.8. The van der Waals surface area contributed by atoms with Crippen molar-refractivity contribution in [1.29, 1.82) is 0 Å². The van der Waals surface area contributed by atoms with Gasteiger partial charge in [-0.05, 0) is 76.6 Å². The molecule has 2 aromatic carbocycles. The fourth-order valence-electron chi connectivity index (χ4n) is 9.37. The summed E-state index contributed by atoms with van der Waals surface area (Å²) in [5.74, 6) is -7.15. The van der Waals surface area contributed by atoms with Crippen molar-refractivity contribution in [3.63, 3.8) is 0 Å². The number of ether oxygens (including phenoxy) is 10. The zero-order chi connectivity index (χ0) is 54.4. The number of hydrogen-bond donors (Lipinski definition) is 1. The molecule has 0 amide bonds. The summed E-state index contributed by atoms with van der Waals surface area (Å²) in [5, 5.41) is 24.6. The number of aryl methyl sites for hydroxylation is 1. The number of carbonyl (C=O) groups is 7. The number of cyclic esters (lactones) is 1. The van der Waals surface area contributed by atoms with Crippen LogP contribution in [0.15, 0.2) is 49.1 Å². The van der Waals surface area contributed by atoms with Crippen molar-refractivity contribution in [1.82, 2.24) is 4.98 Å². The normalized spacial score (nSPS) is 29.3. The molecule has 22 nitrogen and oxygen atoms in total. The van der Waals surface area contributed by atoms with Crippen LogP contribution in [0, 0.1) is 34.3 Å². The first kappa shape index (κ1) is 56.7. The van der Waals surface area contributed by atoms with Gasteiger partial charge in [0.05, 0.1) is 56.9 Å². The van der Waals surface area contributed by atoms with Gasteiger partial charge in [0.1, 0.15) is 30.3 Å². The van der Waals surface area contributed by atoms with E-state index in [2.05, 4.69) is 11.6 Å². The minimum Gasteiger partial charge on any atom is -0.467 e. The van der Waals surface area contributed by atoms with Crippen LogP contribution in [0.25, 0.3) is 10.2 Å². The summed E-state index contributed by atoms with van der Waals surface area (Å²) in [6, 6.07) is 8.63. The predicted octanol–water partition coefficient (Wildman–Crippen LogP) is 6.80. The summed E-state index contributed by atoms with van der Waals surface area (Å²) in [7, 11) is 0.992. The van der Waals surface area contributed by atoms with Gasteiger partial charge in [-0.2, -0.15) is 0 Å². The number of carbonyl (C=O) groups excluding carboxylic acids is 7. The molecule has 12 atom stereocenters. The van der Waals surface area contributed by atoms with Crippen molar-refractivity contribution in [3.05, 3.63) is 75.3 Å². The second-order valence-corrected chi connectivity index (χ2v) is 20.6. The molecule has 0 radical (unpaired) electrons. The quantitative estimate of drug-likeness (QED) is 0.0460. The molecular formula is C51H62N2O20S. The Kier molecular flexibility index (Phi) is 18.2. The summed E-state index contributed by atoms with van der Waals surface area (Å²) >= 11 is 1.51. The van der Waals surface area contributed by atoms with E-state index in [0.717, 1.165) is 55.8 Å². The number of hydrogen-bond acceptors (Lipinski definition) is 22. The van der Waals surface area contributed by atoms with Crippen LogP contribution in [0.5, 0.6) is 5.75 Å². The van der Waals surface area contributed by atoms with Crippen molar-refractivity contribution in [2.45, 2.75) is 161 Å². The van der Waals surface area contributed by atoms with Crippen molar-refractivity contribution >= 4 is 69.0 Å². The van der Waals surface area contributed by atoms with Crippen LogP contribution in [0.4, 0.5) is 10.5 Å². The lowest BCUT2D eigenvalue weighted by atomic mass is 9.71. The van der Waals surface area contributed by atoms with E-state index in [1.54, 1.807) is 0 Å². The van der Waals surface area contributed by atoms with Gasteiger partial charge in [0.15, 0.2) is 18.3 Å². The number of rotatable bonds is 13. The molecule has 0 unspecified atom stereocenters. The first-order valence-electron chi connectivity index (χ1n) is 24.0. The van der Waals surface area contributed by atoms with E-state index in [4.69, 9.17) is 47.4 Å². The standard InChI is InChI=1S/C51H62N2O20S/c1-11-13-33-41(58)25(2)14-12-19-51(9)39(73-51)22-36(30-15-18-37-34(21-30)52-26(3)74-37)69-40(57)23-38(50(7,8)46(33)59)71-49(61)65-24-31-20-32(53(62)63)16-17-35(31)70-48-45(68-29(6)56)43(67-28(5)55)42(66-27(4)54)44(72-48)47(60)64-10/h11,15-18,20-21,25,33,36,38-39,41-45,48,58H,1,12-14,19,22-24H2,2-10H3/t25-,33+,36-,38-,39-,41-,42-,43-,44-,45+,48+,51+/m0/s1. The molecule has 74 heavy (non-hydrogen) atoms. The minimum absolute atomic E-state index is 0.0456. The Labute approximate surface area is 430 Å². The number of benzene rings is 2. The average molecular weight is 1060 g/mol. The number of non-ortho nitro benzene ring substituents is 1. The summed E-state index contributed by atoms with van der Waals surface area (Å²) in [6.45, 7) is 14.6. The third-order valence-electron chi connectivity index (χ3n) is 13.4. The van der Waals surface area contributed by atoms with E-state index in [9.17, 15) is 48.8 Å². The van der Waals surface area contributed by atoms with Crippen LogP contribution in [0.2, 0.25) is 0 Å². The average Bonchev–Trinajstić information content (AvgIpc) is 3.80. The van der Waals surface area contributed by atoms with Crippen molar-refractivity contribution in [2.24, 2.45) is 17.3 Å². The van der Waals surface area contributed by atoms with E-state index in [-0.39, 0.29) is 36.2 Å². The summed E-state index contributed by atoms with van der Waals surface area (Å²) in [4.78, 5) is 109. The fraction of sp³-hybridized carbons (Fsp3) is 0.569. The monoisotopic (exact) mass is 1050 g/mol. The Bertz CT molecular complexity index is 2630. The smallest absolute Gasteiger partial charge is 0.467 e. The second-order valence-electron chi connectivity index (χ2n) is 19.4. The van der Waals surface area contributed by atoms with Gasteiger partial charge in [0, 0.05) is 50.8 Å². The van der Waals surface area contributed by atoms with Gasteiger partial charge < -0.3 is 52.5 Å². The molecule has 0 saturated carbocycles. The van der Waals surface area contributed by atoms with Crippen LogP contribution in [-0.2, 0) is 78.0 Å². The Morgan fingerprint density at radius 1 is 0.973 bits per heavy atom. The molecule has 0 bridgehead atoms. The zero-order valence-corrected chi connectivity index (χ0v) is 43.4. The summed E-state index contributed by atoms with van der Waals surface area (Å²) in [5.41, 5.74) is -1.65. The molecule has 3 saturated heterocycles. The molecule has 4 heterocycles. The number of aliphatic hydroxyl groups is 1. The number of nitro benzene ring substituents is 1. The molecule has 3 fully saturated rings. The summed E-state index contributed by atoms with van der Waals surface area (Å²) < 4.78 is 57.7. The first-order chi connectivity index (χ1) is 34.8. The summed E-state index contributed by atoms with van der Waals surface area (Å²) in [6.07, 6.45) is -11.4. The Hall–Kier alpha value is -6.56. The van der Waals surface area contributed by atoms with Crippen molar-refractivity contribution in [2.75, 3.05) is 7.11 Å². The highest BCUT2D eigenvalue weighted by Gasteiger charge is 2.57. The van der Waals surface area contributed by atoms with E-state index >= 15 is 0 Å². The number of nitro groups is 1. The molecule has 0 spiro atoms.